The maximum absolute atomic E-state index is 5.35. The van der Waals surface area contributed by atoms with Crippen molar-refractivity contribution in [1.29, 1.82) is 0 Å². The zero-order valence-corrected chi connectivity index (χ0v) is 7.55. The number of rotatable bonds is 2. The van der Waals surface area contributed by atoms with Gasteiger partial charge in [-0.15, -0.1) is 0 Å². The molecule has 0 radical (unpaired) electrons. The highest BCUT2D eigenvalue weighted by atomic mass is 16.3. The van der Waals surface area contributed by atoms with E-state index < -0.39 is 0 Å². The summed E-state index contributed by atoms with van der Waals surface area (Å²) < 4.78 is 5.06. The Hall–Kier alpha value is -0.760. The largest absolute Gasteiger partial charge is 0.469 e. The monoisotopic (exact) mass is 155 g/mol. The van der Waals surface area contributed by atoms with Crippen LogP contribution in [-0.2, 0) is 6.42 Å². The van der Waals surface area contributed by atoms with E-state index in [0.717, 1.165) is 12.2 Å². The van der Waals surface area contributed by atoms with Crippen LogP contribution in [0.2, 0.25) is 0 Å². The van der Waals surface area contributed by atoms with E-state index in [1.165, 1.54) is 5.56 Å². The van der Waals surface area contributed by atoms with Gasteiger partial charge in [-0.25, -0.2) is 0 Å². The first-order chi connectivity index (χ1) is 5.34. The molecule has 0 bridgehead atoms. The second-order valence-corrected chi connectivity index (χ2v) is 2.04. The third-order valence-corrected chi connectivity index (χ3v) is 1.38. The summed E-state index contributed by atoms with van der Waals surface area (Å²) in [7, 11) is 0. The van der Waals surface area contributed by atoms with E-state index in [4.69, 9.17) is 10.2 Å². The molecule has 0 unspecified atom stereocenters. The fraction of sp³-hybridized carbons (Fsp3) is 0.556. The Morgan fingerprint density at radius 3 is 2.45 bits per heavy atom. The lowest BCUT2D eigenvalue weighted by Crippen LogP contribution is -2.02. The van der Waals surface area contributed by atoms with Crippen LogP contribution in [-0.4, -0.2) is 6.54 Å². The molecule has 0 amide bonds. The average Bonchev–Trinajstić information content (AvgIpc) is 2.42. The van der Waals surface area contributed by atoms with Crippen LogP contribution in [0.4, 0.5) is 0 Å². The van der Waals surface area contributed by atoms with Crippen LogP contribution >= 0.6 is 0 Å². The van der Waals surface area contributed by atoms with Gasteiger partial charge in [-0.1, -0.05) is 13.8 Å². The molecule has 2 nitrogen and oxygen atoms in total. The first-order valence-electron chi connectivity index (χ1n) is 4.07. The highest BCUT2D eigenvalue weighted by Crippen LogP contribution is 2.07. The molecule has 0 saturated carbocycles. The minimum atomic E-state index is 0.695. The molecule has 0 aliphatic carbocycles. The lowest BCUT2D eigenvalue weighted by Gasteiger charge is -1.91. The molecule has 1 heterocycles. The smallest absolute Gasteiger partial charge is 0.103 e. The Kier molecular flexibility index (Phi) is 5.57. The first kappa shape index (κ1) is 10.2. The number of nitrogens with two attached hydrogens (primary N) is 1. The lowest BCUT2D eigenvalue weighted by molar-refractivity contribution is 0.530. The topological polar surface area (TPSA) is 39.2 Å². The molecule has 0 fully saturated rings. The Labute approximate surface area is 68.4 Å². The number of hydrogen-bond donors (Lipinski definition) is 1. The van der Waals surface area contributed by atoms with Gasteiger partial charge in [0.25, 0.3) is 0 Å². The molecule has 1 rings (SSSR count). The van der Waals surface area contributed by atoms with Gasteiger partial charge < -0.3 is 10.2 Å². The predicted molar refractivity (Wildman–Crippen MR) is 47.6 cm³/mol. The third kappa shape index (κ3) is 3.23. The molecule has 11 heavy (non-hydrogen) atoms. The highest BCUT2D eigenvalue weighted by Gasteiger charge is 1.97. The summed E-state index contributed by atoms with van der Waals surface area (Å²) >= 11 is 0. The summed E-state index contributed by atoms with van der Waals surface area (Å²) in [4.78, 5) is 0. The van der Waals surface area contributed by atoms with E-state index in [0.29, 0.717) is 6.54 Å². The van der Waals surface area contributed by atoms with Crippen molar-refractivity contribution in [3.8, 4) is 0 Å². The van der Waals surface area contributed by atoms with Gasteiger partial charge in [-0.3, -0.25) is 0 Å². The minimum Gasteiger partial charge on any atom is -0.469 e. The molecule has 0 atom stereocenters. The number of aryl methyl sites for hydroxylation is 1. The summed E-state index contributed by atoms with van der Waals surface area (Å²) in [6, 6.07) is 1.96. The molecule has 0 spiro atoms. The quantitative estimate of drug-likeness (QED) is 0.710. The molecule has 1 aromatic rings. The molecule has 0 aliphatic heterocycles. The van der Waals surface area contributed by atoms with Crippen molar-refractivity contribution in [2.75, 3.05) is 6.54 Å². The van der Waals surface area contributed by atoms with Gasteiger partial charge in [0.05, 0.1) is 6.26 Å². The Morgan fingerprint density at radius 2 is 2.09 bits per heavy atom. The van der Waals surface area contributed by atoms with Crippen molar-refractivity contribution in [2.24, 2.45) is 5.73 Å². The van der Waals surface area contributed by atoms with E-state index >= 15 is 0 Å². The van der Waals surface area contributed by atoms with E-state index in [1.54, 1.807) is 6.26 Å². The average molecular weight is 155 g/mol. The molecule has 0 aliphatic rings. The van der Waals surface area contributed by atoms with Gasteiger partial charge in [-0.2, -0.15) is 0 Å². The standard InChI is InChI=1S/C7H11NO.C2H6/c1-6-7(2-4-8)3-5-9-6;1-2/h3,5H,2,4,8H2,1H3;1-2H3. The molecule has 2 heteroatoms. The molecular formula is C9H17NO. The first-order valence-corrected chi connectivity index (χ1v) is 4.07. The molecule has 64 valence electrons. The van der Waals surface area contributed by atoms with Gasteiger partial charge in [0.15, 0.2) is 0 Å². The molecular weight excluding hydrogens is 138 g/mol. The van der Waals surface area contributed by atoms with Crippen LogP contribution in [0.25, 0.3) is 0 Å². The number of furan rings is 1. The fourth-order valence-corrected chi connectivity index (χ4v) is 0.826. The molecule has 0 aromatic carbocycles. The van der Waals surface area contributed by atoms with Crippen molar-refractivity contribution in [2.45, 2.75) is 27.2 Å². The van der Waals surface area contributed by atoms with Crippen molar-refractivity contribution in [1.82, 2.24) is 0 Å². The SMILES string of the molecule is CC.Cc1occc1CCN. The third-order valence-electron chi connectivity index (χ3n) is 1.38. The summed E-state index contributed by atoms with van der Waals surface area (Å²) in [5.74, 6) is 0.987. The lowest BCUT2D eigenvalue weighted by atomic mass is 10.2. The Bertz CT molecular complexity index is 181. The van der Waals surface area contributed by atoms with E-state index in [9.17, 15) is 0 Å². The van der Waals surface area contributed by atoms with E-state index in [-0.39, 0.29) is 0 Å². The summed E-state index contributed by atoms with van der Waals surface area (Å²) in [6.45, 7) is 6.64. The van der Waals surface area contributed by atoms with E-state index in [2.05, 4.69) is 0 Å². The van der Waals surface area contributed by atoms with Gasteiger partial charge in [0, 0.05) is 0 Å². The van der Waals surface area contributed by atoms with Crippen molar-refractivity contribution >= 4 is 0 Å². The second-order valence-electron chi connectivity index (χ2n) is 2.04. The zero-order chi connectivity index (χ0) is 8.69. The summed E-state index contributed by atoms with van der Waals surface area (Å²) in [5.41, 5.74) is 6.57. The van der Waals surface area contributed by atoms with Gasteiger partial charge >= 0.3 is 0 Å². The summed E-state index contributed by atoms with van der Waals surface area (Å²) in [5, 5.41) is 0. The van der Waals surface area contributed by atoms with Gasteiger partial charge in [-0.05, 0) is 31.5 Å². The van der Waals surface area contributed by atoms with Crippen LogP contribution in [0.1, 0.15) is 25.2 Å². The van der Waals surface area contributed by atoms with Crippen molar-refractivity contribution < 1.29 is 4.42 Å². The fourth-order valence-electron chi connectivity index (χ4n) is 0.826. The van der Waals surface area contributed by atoms with Crippen LogP contribution < -0.4 is 5.73 Å². The second kappa shape index (κ2) is 5.98. The normalized spacial score (nSPS) is 8.73. The predicted octanol–water partition coefficient (Wildman–Crippen LogP) is 2.12. The van der Waals surface area contributed by atoms with Gasteiger partial charge in [0.1, 0.15) is 5.76 Å². The van der Waals surface area contributed by atoms with Crippen LogP contribution in [0.5, 0.6) is 0 Å². The summed E-state index contributed by atoms with van der Waals surface area (Å²) in [6.07, 6.45) is 2.61. The zero-order valence-electron chi connectivity index (χ0n) is 7.55. The van der Waals surface area contributed by atoms with E-state index in [1.807, 2.05) is 26.8 Å². The minimum absolute atomic E-state index is 0.695. The maximum Gasteiger partial charge on any atom is 0.103 e. The molecule has 2 N–H and O–H groups in total. The van der Waals surface area contributed by atoms with Gasteiger partial charge in [0.2, 0.25) is 0 Å². The molecule has 0 saturated heterocycles. The van der Waals surface area contributed by atoms with Crippen molar-refractivity contribution in [3.63, 3.8) is 0 Å². The van der Waals surface area contributed by atoms with Crippen LogP contribution in [0, 0.1) is 6.92 Å². The van der Waals surface area contributed by atoms with Crippen LogP contribution in [0.15, 0.2) is 16.7 Å². The molecule has 1 aromatic heterocycles. The Morgan fingerprint density at radius 1 is 1.45 bits per heavy atom. The number of hydrogen-bond acceptors (Lipinski definition) is 2. The Balaban J connectivity index is 0.000000461. The maximum atomic E-state index is 5.35. The van der Waals surface area contributed by atoms with Crippen molar-refractivity contribution in [3.05, 3.63) is 23.7 Å². The highest BCUT2D eigenvalue weighted by molar-refractivity contribution is 5.15. The van der Waals surface area contributed by atoms with Crippen LogP contribution in [0.3, 0.4) is 0 Å².